The number of carbonyl (C=O) groups is 1. The number of carbonyl (C=O) groups excluding carboxylic acids is 1. The zero-order valence-corrected chi connectivity index (χ0v) is 13.6. The fourth-order valence-corrected chi connectivity index (χ4v) is 2.42. The quantitative estimate of drug-likeness (QED) is 0.686. The van der Waals surface area contributed by atoms with Crippen LogP contribution in [0, 0.1) is 11.6 Å². The first-order chi connectivity index (χ1) is 9.38. The number of hydrogen-bond donors (Lipinski definition) is 1. The highest BCUT2D eigenvalue weighted by Gasteiger charge is 2.18. The van der Waals surface area contributed by atoms with Gasteiger partial charge in [0, 0.05) is 14.6 Å². The molecule has 104 valence electrons. The van der Waals surface area contributed by atoms with Crippen LogP contribution in [0.2, 0.25) is 5.02 Å². The smallest absolute Gasteiger partial charge is 0.261 e. The summed E-state index contributed by atoms with van der Waals surface area (Å²) in [6, 6.07) is 6.66. The lowest BCUT2D eigenvalue weighted by atomic mass is 10.2. The van der Waals surface area contributed by atoms with Gasteiger partial charge in [0.15, 0.2) is 0 Å². The Morgan fingerprint density at radius 1 is 1.10 bits per heavy atom. The van der Waals surface area contributed by atoms with Crippen molar-refractivity contribution in [2.24, 2.45) is 0 Å². The van der Waals surface area contributed by atoms with Crippen molar-refractivity contribution < 1.29 is 13.6 Å². The number of anilines is 1. The van der Waals surface area contributed by atoms with Crippen LogP contribution in [0.15, 0.2) is 39.3 Å². The van der Waals surface area contributed by atoms with Crippen molar-refractivity contribution in [3.63, 3.8) is 0 Å². The first-order valence-electron chi connectivity index (χ1n) is 5.29. The van der Waals surface area contributed by atoms with E-state index >= 15 is 0 Å². The van der Waals surface area contributed by atoms with Gasteiger partial charge in [-0.1, -0.05) is 27.5 Å². The predicted molar refractivity (Wildman–Crippen MR) is 81.2 cm³/mol. The Hall–Kier alpha value is -0.980. The second kappa shape index (κ2) is 6.20. The molecule has 0 spiro atoms. The van der Waals surface area contributed by atoms with Crippen LogP contribution in [-0.2, 0) is 0 Å². The average molecular weight is 425 g/mol. The molecule has 20 heavy (non-hydrogen) atoms. The lowest BCUT2D eigenvalue weighted by molar-refractivity contribution is 0.101. The predicted octanol–water partition coefficient (Wildman–Crippen LogP) is 5.40. The third kappa shape index (κ3) is 3.37. The van der Waals surface area contributed by atoms with Gasteiger partial charge in [-0.15, -0.1) is 0 Å². The van der Waals surface area contributed by atoms with Gasteiger partial charge >= 0.3 is 0 Å². The third-order valence-corrected chi connectivity index (χ3v) is 4.08. The van der Waals surface area contributed by atoms with Gasteiger partial charge in [-0.3, -0.25) is 4.79 Å². The van der Waals surface area contributed by atoms with Crippen LogP contribution in [0.5, 0.6) is 0 Å². The lowest BCUT2D eigenvalue weighted by Gasteiger charge is -2.08. The maximum Gasteiger partial charge on any atom is 0.261 e. The van der Waals surface area contributed by atoms with Crippen molar-refractivity contribution in [2.75, 3.05) is 5.32 Å². The minimum absolute atomic E-state index is 0.221. The Morgan fingerprint density at radius 2 is 1.70 bits per heavy atom. The number of amides is 1. The van der Waals surface area contributed by atoms with E-state index in [0.717, 1.165) is 12.1 Å². The molecule has 0 aliphatic carbocycles. The fraction of sp³-hybridized carbons (Fsp3) is 0. The fourth-order valence-electron chi connectivity index (χ4n) is 1.53. The highest BCUT2D eigenvalue weighted by molar-refractivity contribution is 9.10. The molecule has 0 unspecified atom stereocenters. The zero-order valence-electron chi connectivity index (χ0n) is 9.68. The van der Waals surface area contributed by atoms with E-state index < -0.39 is 23.1 Å². The summed E-state index contributed by atoms with van der Waals surface area (Å²) in [7, 11) is 0. The topological polar surface area (TPSA) is 29.1 Å². The van der Waals surface area contributed by atoms with Crippen LogP contribution in [-0.4, -0.2) is 5.91 Å². The molecule has 1 N–H and O–H groups in total. The number of halogens is 5. The summed E-state index contributed by atoms with van der Waals surface area (Å²) in [4.78, 5) is 11.9. The molecule has 0 aromatic heterocycles. The molecule has 1 amide bonds. The Kier molecular flexibility index (Phi) is 4.78. The molecule has 2 aromatic rings. The molecule has 0 heterocycles. The molecular weight excluding hydrogens is 419 g/mol. The van der Waals surface area contributed by atoms with Gasteiger partial charge < -0.3 is 5.32 Å². The van der Waals surface area contributed by atoms with Crippen molar-refractivity contribution in [2.45, 2.75) is 0 Å². The SMILES string of the molecule is O=C(Nc1ccc(Cl)c(Br)c1)c1c(F)cc(Br)cc1F. The number of benzene rings is 2. The molecule has 7 heteroatoms. The van der Waals surface area contributed by atoms with Crippen molar-refractivity contribution in [1.82, 2.24) is 0 Å². The Balaban J connectivity index is 2.31. The van der Waals surface area contributed by atoms with Crippen molar-refractivity contribution in [1.29, 1.82) is 0 Å². The minimum Gasteiger partial charge on any atom is -0.322 e. The second-order valence-electron chi connectivity index (χ2n) is 3.83. The van der Waals surface area contributed by atoms with Crippen molar-refractivity contribution in [3.05, 3.63) is 61.5 Å². The summed E-state index contributed by atoms with van der Waals surface area (Å²) in [6.07, 6.45) is 0. The highest BCUT2D eigenvalue weighted by Crippen LogP contribution is 2.26. The maximum atomic E-state index is 13.6. The molecule has 2 aromatic carbocycles. The van der Waals surface area contributed by atoms with Crippen LogP contribution >= 0.6 is 43.5 Å². The molecule has 0 fully saturated rings. The molecule has 2 nitrogen and oxygen atoms in total. The summed E-state index contributed by atoms with van der Waals surface area (Å²) in [5.74, 6) is -2.76. The van der Waals surface area contributed by atoms with Gasteiger partial charge in [-0.2, -0.15) is 0 Å². The van der Waals surface area contributed by atoms with Crippen LogP contribution in [0.4, 0.5) is 14.5 Å². The Labute approximate surface area is 135 Å². The van der Waals surface area contributed by atoms with Crippen LogP contribution in [0.3, 0.4) is 0 Å². The van der Waals surface area contributed by atoms with Gasteiger partial charge in [0.05, 0.1) is 5.02 Å². The molecule has 0 aliphatic rings. The van der Waals surface area contributed by atoms with Crippen LogP contribution < -0.4 is 5.32 Å². The first kappa shape index (κ1) is 15.4. The Bertz CT molecular complexity index is 671. The van der Waals surface area contributed by atoms with Crippen molar-refractivity contribution in [3.8, 4) is 0 Å². The molecular formula is C13H6Br2ClF2NO. The lowest BCUT2D eigenvalue weighted by Crippen LogP contribution is -2.16. The summed E-state index contributed by atoms with van der Waals surface area (Å²) < 4.78 is 28.1. The summed E-state index contributed by atoms with van der Waals surface area (Å²) in [5.41, 5.74) is -0.271. The van der Waals surface area contributed by atoms with Gasteiger partial charge in [0.2, 0.25) is 0 Å². The van der Waals surface area contributed by atoms with Gasteiger partial charge in [0.1, 0.15) is 17.2 Å². The maximum absolute atomic E-state index is 13.6. The van der Waals surface area contributed by atoms with E-state index in [4.69, 9.17) is 11.6 Å². The minimum atomic E-state index is -0.942. The number of nitrogens with one attached hydrogen (secondary N) is 1. The molecule has 0 bridgehead atoms. The van der Waals surface area contributed by atoms with Crippen molar-refractivity contribution >= 4 is 55.1 Å². The Morgan fingerprint density at radius 3 is 2.25 bits per heavy atom. The largest absolute Gasteiger partial charge is 0.322 e. The van der Waals surface area contributed by atoms with E-state index in [1.807, 2.05) is 0 Å². The summed E-state index contributed by atoms with van der Waals surface area (Å²) >= 11 is 12.0. The van der Waals surface area contributed by atoms with Crippen LogP contribution in [0.25, 0.3) is 0 Å². The van der Waals surface area contributed by atoms with Crippen LogP contribution in [0.1, 0.15) is 10.4 Å². The summed E-state index contributed by atoms with van der Waals surface area (Å²) in [5, 5.41) is 2.87. The van der Waals surface area contributed by atoms with E-state index in [-0.39, 0.29) is 4.47 Å². The average Bonchev–Trinajstić information content (AvgIpc) is 2.32. The van der Waals surface area contributed by atoms with Gasteiger partial charge in [0.25, 0.3) is 5.91 Å². The molecule has 0 radical (unpaired) electrons. The standard InChI is InChI=1S/C13H6Br2ClF2NO/c14-6-3-10(17)12(11(18)4-6)13(20)19-7-1-2-9(16)8(15)5-7/h1-5H,(H,19,20). The highest BCUT2D eigenvalue weighted by atomic mass is 79.9. The molecule has 2 rings (SSSR count). The van der Waals surface area contributed by atoms with E-state index in [1.165, 1.54) is 12.1 Å². The van der Waals surface area contributed by atoms with E-state index in [9.17, 15) is 13.6 Å². The van der Waals surface area contributed by atoms with Gasteiger partial charge in [-0.05, 0) is 46.3 Å². The second-order valence-corrected chi connectivity index (χ2v) is 6.00. The molecule has 0 atom stereocenters. The van der Waals surface area contributed by atoms with Gasteiger partial charge in [-0.25, -0.2) is 8.78 Å². The van der Waals surface area contributed by atoms with E-state index in [1.54, 1.807) is 6.07 Å². The van der Waals surface area contributed by atoms with E-state index in [0.29, 0.717) is 15.2 Å². The zero-order chi connectivity index (χ0) is 14.9. The number of rotatable bonds is 2. The molecule has 0 saturated heterocycles. The monoisotopic (exact) mass is 423 g/mol. The third-order valence-electron chi connectivity index (χ3n) is 2.41. The van der Waals surface area contributed by atoms with E-state index in [2.05, 4.69) is 37.2 Å². The molecule has 0 saturated carbocycles. The number of hydrogen-bond acceptors (Lipinski definition) is 1. The normalized spacial score (nSPS) is 10.4. The summed E-state index contributed by atoms with van der Waals surface area (Å²) in [6.45, 7) is 0. The molecule has 0 aliphatic heterocycles. The first-order valence-corrected chi connectivity index (χ1v) is 7.26.